The van der Waals surface area contributed by atoms with Crippen LogP contribution in [0.2, 0.25) is 0 Å². The van der Waals surface area contributed by atoms with Crippen LogP contribution in [0.5, 0.6) is 0 Å². The average Bonchev–Trinajstić information content (AvgIpc) is 2.40. The van der Waals surface area contributed by atoms with Crippen LogP contribution >= 0.6 is 0 Å². The van der Waals surface area contributed by atoms with Crippen molar-refractivity contribution < 1.29 is 17.9 Å². The molecule has 2 rings (SSSR count). The first kappa shape index (κ1) is 15.5. The first-order chi connectivity index (χ1) is 9.40. The van der Waals surface area contributed by atoms with Gasteiger partial charge in [0.15, 0.2) is 0 Å². The molecule has 1 N–H and O–H groups in total. The number of rotatable bonds is 4. The Balaban J connectivity index is 2.09. The summed E-state index contributed by atoms with van der Waals surface area (Å²) in [6.45, 7) is 3.43. The van der Waals surface area contributed by atoms with E-state index < -0.39 is 10.0 Å². The normalized spacial score (nSPS) is 34.0. The van der Waals surface area contributed by atoms with Gasteiger partial charge in [-0.25, -0.2) is 17.9 Å². The van der Waals surface area contributed by atoms with Crippen LogP contribution in [0.4, 0.5) is 0 Å². The first-order valence-corrected chi connectivity index (χ1v) is 9.10. The van der Waals surface area contributed by atoms with E-state index in [9.17, 15) is 13.2 Å². The number of esters is 1. The molecule has 20 heavy (non-hydrogen) atoms. The third-order valence-electron chi connectivity index (χ3n) is 4.43. The van der Waals surface area contributed by atoms with Crippen molar-refractivity contribution in [1.29, 1.82) is 0 Å². The topological polar surface area (TPSA) is 72.5 Å². The van der Waals surface area contributed by atoms with E-state index in [4.69, 9.17) is 4.74 Å². The van der Waals surface area contributed by atoms with Crippen molar-refractivity contribution in [2.45, 2.75) is 50.7 Å². The molecule has 0 radical (unpaired) electrons. The lowest BCUT2D eigenvalue weighted by Crippen LogP contribution is -2.51. The summed E-state index contributed by atoms with van der Waals surface area (Å²) < 4.78 is 31.2. The van der Waals surface area contributed by atoms with Gasteiger partial charge in [0, 0.05) is 18.0 Å². The Morgan fingerprint density at radius 1 is 1.20 bits per heavy atom. The van der Waals surface area contributed by atoms with Gasteiger partial charge in [0.25, 0.3) is 0 Å². The van der Waals surface area contributed by atoms with Gasteiger partial charge in [0.1, 0.15) is 6.10 Å². The first-order valence-electron chi connectivity index (χ1n) is 7.21. The molecule has 2 saturated carbocycles. The van der Waals surface area contributed by atoms with Crippen molar-refractivity contribution in [3.8, 4) is 0 Å². The number of sulfonamides is 1. The Labute approximate surface area is 120 Å². The maximum Gasteiger partial charge on any atom is 0.330 e. The van der Waals surface area contributed by atoms with E-state index in [1.165, 1.54) is 12.3 Å². The average molecular weight is 301 g/mol. The van der Waals surface area contributed by atoms with Crippen molar-refractivity contribution in [1.82, 2.24) is 4.72 Å². The molecule has 0 aromatic carbocycles. The molecule has 0 spiro atoms. The van der Waals surface area contributed by atoms with E-state index in [-0.39, 0.29) is 30.0 Å². The molecule has 2 aliphatic rings. The molecule has 0 heterocycles. The second-order valence-corrected chi connectivity index (χ2v) is 7.65. The number of carbonyl (C=O) groups excluding carboxylic acids is 1. The maximum absolute atomic E-state index is 11.5. The van der Waals surface area contributed by atoms with Crippen molar-refractivity contribution >= 4 is 16.0 Å². The van der Waals surface area contributed by atoms with E-state index in [1.54, 1.807) is 0 Å². The molecule has 2 aliphatic carbocycles. The fourth-order valence-electron chi connectivity index (χ4n) is 3.69. The van der Waals surface area contributed by atoms with Crippen LogP contribution < -0.4 is 4.72 Å². The minimum Gasteiger partial charge on any atom is -0.459 e. The predicted molar refractivity (Wildman–Crippen MR) is 76.5 cm³/mol. The summed E-state index contributed by atoms with van der Waals surface area (Å²) in [6.07, 6.45) is 7.98. The summed E-state index contributed by atoms with van der Waals surface area (Å²) in [5, 5.41) is 0. The zero-order chi connectivity index (χ0) is 14.8. The molecule has 0 bridgehead atoms. The fraction of sp³-hybridized carbons (Fsp3) is 0.786. The number of hydrogen-bond acceptors (Lipinski definition) is 4. The summed E-state index contributed by atoms with van der Waals surface area (Å²) in [4.78, 5) is 11.4. The molecule has 0 amide bonds. The molecular weight excluding hydrogens is 278 g/mol. The Morgan fingerprint density at radius 3 is 2.45 bits per heavy atom. The summed E-state index contributed by atoms with van der Waals surface area (Å²) in [7, 11) is -3.19. The molecule has 2 fully saturated rings. The highest BCUT2D eigenvalue weighted by Gasteiger charge is 2.42. The summed E-state index contributed by atoms with van der Waals surface area (Å²) >= 11 is 0. The van der Waals surface area contributed by atoms with Gasteiger partial charge in [-0.2, -0.15) is 0 Å². The number of carbonyl (C=O) groups is 1. The van der Waals surface area contributed by atoms with Crippen molar-refractivity contribution in [3.63, 3.8) is 0 Å². The highest BCUT2D eigenvalue weighted by Crippen LogP contribution is 2.42. The summed E-state index contributed by atoms with van der Waals surface area (Å²) in [5.41, 5.74) is 0. The van der Waals surface area contributed by atoms with E-state index >= 15 is 0 Å². The van der Waals surface area contributed by atoms with Crippen LogP contribution in [0.15, 0.2) is 12.7 Å². The van der Waals surface area contributed by atoms with Gasteiger partial charge in [-0.1, -0.05) is 19.4 Å². The van der Waals surface area contributed by atoms with Gasteiger partial charge in [-0.05, 0) is 31.6 Å². The molecular formula is C14H23NO4S. The van der Waals surface area contributed by atoms with Gasteiger partial charge < -0.3 is 4.74 Å². The third-order valence-corrected chi connectivity index (χ3v) is 5.16. The SMILES string of the molecule is C=CC(=O)OC1CCC(NS(C)(=O)=O)C2CCCCC12. The minimum atomic E-state index is -3.19. The Bertz CT molecular complexity index is 474. The lowest BCUT2D eigenvalue weighted by atomic mass is 9.67. The predicted octanol–water partition coefficient (Wildman–Crippen LogP) is 1.60. The second kappa shape index (κ2) is 6.26. The van der Waals surface area contributed by atoms with E-state index in [0.29, 0.717) is 6.42 Å². The van der Waals surface area contributed by atoms with Gasteiger partial charge in [0.2, 0.25) is 10.0 Å². The number of fused-ring (bicyclic) bond motifs is 1. The molecule has 0 saturated heterocycles. The number of nitrogens with one attached hydrogen (secondary N) is 1. The van der Waals surface area contributed by atoms with Gasteiger partial charge in [-0.15, -0.1) is 0 Å². The van der Waals surface area contributed by atoms with Crippen molar-refractivity contribution in [3.05, 3.63) is 12.7 Å². The molecule has 0 aromatic rings. The smallest absolute Gasteiger partial charge is 0.330 e. The van der Waals surface area contributed by atoms with Gasteiger partial charge in [0.05, 0.1) is 6.26 Å². The van der Waals surface area contributed by atoms with Crippen LogP contribution in [-0.4, -0.2) is 32.8 Å². The second-order valence-electron chi connectivity index (χ2n) is 5.87. The Kier molecular flexibility index (Phi) is 4.86. The number of ether oxygens (including phenoxy) is 1. The maximum atomic E-state index is 11.5. The molecule has 6 heteroatoms. The molecule has 4 unspecified atom stereocenters. The van der Waals surface area contributed by atoms with Crippen LogP contribution in [0.1, 0.15) is 38.5 Å². The van der Waals surface area contributed by atoms with Crippen LogP contribution in [0.3, 0.4) is 0 Å². The Morgan fingerprint density at radius 2 is 1.85 bits per heavy atom. The quantitative estimate of drug-likeness (QED) is 0.632. The molecule has 0 aromatic heterocycles. The highest BCUT2D eigenvalue weighted by atomic mass is 32.2. The standard InChI is InChI=1S/C14H23NO4S/c1-3-14(16)19-13-9-8-12(15-20(2,17)18)10-6-4-5-7-11(10)13/h3,10-13,15H,1,4-9H2,2H3. The van der Waals surface area contributed by atoms with Crippen LogP contribution in [-0.2, 0) is 19.6 Å². The van der Waals surface area contributed by atoms with Crippen LogP contribution in [0, 0.1) is 11.8 Å². The van der Waals surface area contributed by atoms with Gasteiger partial charge >= 0.3 is 5.97 Å². The largest absolute Gasteiger partial charge is 0.459 e. The van der Waals surface area contributed by atoms with E-state index in [1.807, 2.05) is 0 Å². The summed E-state index contributed by atoms with van der Waals surface area (Å²) in [6, 6.07) is -0.0195. The van der Waals surface area contributed by atoms with Gasteiger partial charge in [-0.3, -0.25) is 0 Å². The lowest BCUT2D eigenvalue weighted by molar-refractivity contribution is -0.151. The zero-order valence-corrected chi connectivity index (χ0v) is 12.7. The van der Waals surface area contributed by atoms with Crippen LogP contribution in [0.25, 0.3) is 0 Å². The third kappa shape index (κ3) is 3.82. The van der Waals surface area contributed by atoms with Crippen molar-refractivity contribution in [2.24, 2.45) is 11.8 Å². The molecule has 4 atom stereocenters. The zero-order valence-electron chi connectivity index (χ0n) is 11.9. The Hall–Kier alpha value is -0.880. The molecule has 0 aliphatic heterocycles. The summed E-state index contributed by atoms with van der Waals surface area (Å²) in [5.74, 6) is 0.157. The van der Waals surface area contributed by atoms with E-state index in [2.05, 4.69) is 11.3 Å². The van der Waals surface area contributed by atoms with Crippen molar-refractivity contribution in [2.75, 3.05) is 6.26 Å². The minimum absolute atomic E-state index is 0.0195. The monoisotopic (exact) mass is 301 g/mol. The molecule has 114 valence electrons. The lowest BCUT2D eigenvalue weighted by Gasteiger charge is -2.45. The molecule has 5 nitrogen and oxygen atoms in total. The fourth-order valence-corrected chi connectivity index (χ4v) is 4.53. The number of hydrogen-bond donors (Lipinski definition) is 1. The highest BCUT2D eigenvalue weighted by molar-refractivity contribution is 7.88. The van der Waals surface area contributed by atoms with E-state index in [0.717, 1.165) is 32.1 Å².